The van der Waals surface area contributed by atoms with Crippen LogP contribution in [0.25, 0.3) is 0 Å². The SMILES string of the molecule is CN(C)CCCN1C(=O)CC[C@@H]2CN(C(=O)c3ccccn3)CC[C@@H]21. The van der Waals surface area contributed by atoms with Crippen LogP contribution in [0.1, 0.15) is 36.2 Å². The van der Waals surface area contributed by atoms with E-state index in [1.54, 1.807) is 12.3 Å². The molecule has 0 spiro atoms. The topological polar surface area (TPSA) is 56.8 Å². The molecular formula is C19H28N4O2. The normalized spacial score (nSPS) is 23.7. The minimum absolute atomic E-state index is 0.00936. The van der Waals surface area contributed by atoms with Crippen molar-refractivity contribution in [2.45, 2.75) is 31.7 Å². The molecule has 25 heavy (non-hydrogen) atoms. The van der Waals surface area contributed by atoms with Gasteiger partial charge < -0.3 is 14.7 Å². The van der Waals surface area contributed by atoms with Gasteiger partial charge in [0.15, 0.2) is 0 Å². The number of carbonyl (C=O) groups excluding carboxylic acids is 2. The van der Waals surface area contributed by atoms with Gasteiger partial charge >= 0.3 is 0 Å². The summed E-state index contributed by atoms with van der Waals surface area (Å²) in [6, 6.07) is 5.73. The van der Waals surface area contributed by atoms with E-state index in [-0.39, 0.29) is 17.9 Å². The monoisotopic (exact) mass is 344 g/mol. The van der Waals surface area contributed by atoms with E-state index in [0.29, 0.717) is 24.6 Å². The summed E-state index contributed by atoms with van der Waals surface area (Å²) >= 11 is 0. The third kappa shape index (κ3) is 4.18. The van der Waals surface area contributed by atoms with Crippen LogP contribution in [0, 0.1) is 5.92 Å². The molecule has 0 bridgehead atoms. The van der Waals surface area contributed by atoms with Crippen molar-refractivity contribution in [3.8, 4) is 0 Å². The number of hydrogen-bond acceptors (Lipinski definition) is 4. The van der Waals surface area contributed by atoms with Gasteiger partial charge in [-0.1, -0.05) is 6.07 Å². The van der Waals surface area contributed by atoms with Crippen LogP contribution in [0.15, 0.2) is 24.4 Å². The molecule has 1 aromatic heterocycles. The summed E-state index contributed by atoms with van der Waals surface area (Å²) < 4.78 is 0. The number of carbonyl (C=O) groups is 2. The van der Waals surface area contributed by atoms with Gasteiger partial charge in [-0.3, -0.25) is 14.6 Å². The number of pyridine rings is 1. The number of piperidine rings is 2. The smallest absolute Gasteiger partial charge is 0.272 e. The molecule has 3 heterocycles. The van der Waals surface area contributed by atoms with Gasteiger partial charge in [-0.05, 0) is 58.0 Å². The van der Waals surface area contributed by atoms with Crippen LogP contribution in [0.3, 0.4) is 0 Å². The third-order valence-corrected chi connectivity index (χ3v) is 5.32. The lowest BCUT2D eigenvalue weighted by Gasteiger charge is -2.47. The highest BCUT2D eigenvalue weighted by atomic mass is 16.2. The Morgan fingerprint density at radius 3 is 2.88 bits per heavy atom. The Balaban J connectivity index is 1.62. The molecule has 2 aliphatic rings. The van der Waals surface area contributed by atoms with Crippen LogP contribution in [-0.2, 0) is 4.79 Å². The summed E-state index contributed by atoms with van der Waals surface area (Å²) in [5.41, 5.74) is 0.510. The van der Waals surface area contributed by atoms with Gasteiger partial charge in [0.1, 0.15) is 5.69 Å². The summed E-state index contributed by atoms with van der Waals surface area (Å²) in [4.78, 5) is 35.4. The molecule has 2 saturated heterocycles. The molecule has 6 heteroatoms. The zero-order chi connectivity index (χ0) is 17.8. The Bertz CT molecular complexity index is 605. The molecule has 0 aliphatic carbocycles. The van der Waals surface area contributed by atoms with Crippen LogP contribution >= 0.6 is 0 Å². The molecule has 0 unspecified atom stereocenters. The second-order valence-corrected chi connectivity index (χ2v) is 7.36. The molecule has 2 amide bonds. The van der Waals surface area contributed by atoms with E-state index < -0.39 is 0 Å². The number of fused-ring (bicyclic) bond motifs is 1. The first kappa shape index (κ1) is 17.9. The van der Waals surface area contributed by atoms with Crippen molar-refractivity contribution in [1.29, 1.82) is 0 Å². The van der Waals surface area contributed by atoms with Crippen molar-refractivity contribution in [2.24, 2.45) is 5.92 Å². The van der Waals surface area contributed by atoms with E-state index in [2.05, 4.69) is 28.9 Å². The lowest BCUT2D eigenvalue weighted by Crippen LogP contribution is -2.57. The van der Waals surface area contributed by atoms with Crippen LogP contribution < -0.4 is 0 Å². The predicted molar refractivity (Wildman–Crippen MR) is 96.2 cm³/mol. The van der Waals surface area contributed by atoms with Crippen molar-refractivity contribution in [3.63, 3.8) is 0 Å². The van der Waals surface area contributed by atoms with Gasteiger partial charge in [0.25, 0.3) is 5.91 Å². The van der Waals surface area contributed by atoms with Crippen LogP contribution in [0.5, 0.6) is 0 Å². The molecule has 0 N–H and O–H groups in total. The largest absolute Gasteiger partial charge is 0.339 e. The Kier molecular flexibility index (Phi) is 5.68. The van der Waals surface area contributed by atoms with Crippen molar-refractivity contribution in [3.05, 3.63) is 30.1 Å². The maximum absolute atomic E-state index is 12.6. The summed E-state index contributed by atoms with van der Waals surface area (Å²) in [5.74, 6) is 0.679. The molecule has 2 fully saturated rings. The number of aromatic nitrogens is 1. The quantitative estimate of drug-likeness (QED) is 0.812. The van der Waals surface area contributed by atoms with E-state index in [1.807, 2.05) is 17.0 Å². The van der Waals surface area contributed by atoms with Gasteiger partial charge in [0.05, 0.1) is 0 Å². The number of rotatable bonds is 5. The fourth-order valence-corrected chi connectivity index (χ4v) is 4.03. The summed E-state index contributed by atoms with van der Waals surface area (Å²) in [5, 5.41) is 0. The molecule has 2 aliphatic heterocycles. The van der Waals surface area contributed by atoms with Crippen LogP contribution in [0.2, 0.25) is 0 Å². The predicted octanol–water partition coefficient (Wildman–Crippen LogP) is 1.49. The highest BCUT2D eigenvalue weighted by molar-refractivity contribution is 5.92. The lowest BCUT2D eigenvalue weighted by molar-refractivity contribution is -0.140. The molecule has 1 aromatic rings. The number of nitrogens with zero attached hydrogens (tertiary/aromatic N) is 4. The molecule has 0 saturated carbocycles. The fourth-order valence-electron chi connectivity index (χ4n) is 4.03. The molecule has 2 atom stereocenters. The average molecular weight is 344 g/mol. The van der Waals surface area contributed by atoms with E-state index in [1.165, 1.54) is 0 Å². The van der Waals surface area contributed by atoms with E-state index in [0.717, 1.165) is 38.9 Å². The lowest BCUT2D eigenvalue weighted by atomic mass is 9.83. The standard InChI is InChI=1S/C19H28N4O2/c1-21(2)11-5-12-23-17-9-13-22(14-15(17)7-8-18(23)24)19(25)16-6-3-4-10-20-16/h3-4,6,10,15,17H,5,7-9,11-14H2,1-2H3/t15-,17+/m1/s1. The Hall–Kier alpha value is -1.95. The molecule has 3 rings (SSSR count). The minimum atomic E-state index is 0.00936. The second-order valence-electron chi connectivity index (χ2n) is 7.36. The van der Waals surface area contributed by atoms with Crippen molar-refractivity contribution in [1.82, 2.24) is 19.7 Å². The Labute approximate surface area is 149 Å². The van der Waals surface area contributed by atoms with E-state index in [4.69, 9.17) is 0 Å². The maximum Gasteiger partial charge on any atom is 0.272 e. The first-order valence-corrected chi connectivity index (χ1v) is 9.21. The van der Waals surface area contributed by atoms with Gasteiger partial charge in [-0.2, -0.15) is 0 Å². The fraction of sp³-hybridized carbons (Fsp3) is 0.632. The average Bonchev–Trinajstić information content (AvgIpc) is 2.63. The summed E-state index contributed by atoms with van der Waals surface area (Å²) in [7, 11) is 4.12. The minimum Gasteiger partial charge on any atom is -0.339 e. The number of amides is 2. The number of likely N-dealkylation sites (tertiary alicyclic amines) is 2. The van der Waals surface area contributed by atoms with Crippen LogP contribution in [-0.4, -0.2) is 77.8 Å². The van der Waals surface area contributed by atoms with Gasteiger partial charge in [0.2, 0.25) is 5.91 Å². The highest BCUT2D eigenvalue weighted by Crippen LogP contribution is 2.31. The van der Waals surface area contributed by atoms with Gasteiger partial charge in [-0.25, -0.2) is 0 Å². The molecule has 0 radical (unpaired) electrons. The second kappa shape index (κ2) is 7.95. The Morgan fingerprint density at radius 1 is 1.32 bits per heavy atom. The Morgan fingerprint density at radius 2 is 2.16 bits per heavy atom. The zero-order valence-corrected chi connectivity index (χ0v) is 15.2. The van der Waals surface area contributed by atoms with Crippen molar-refractivity contribution >= 4 is 11.8 Å². The third-order valence-electron chi connectivity index (χ3n) is 5.32. The molecule has 136 valence electrons. The zero-order valence-electron chi connectivity index (χ0n) is 15.2. The molecule has 0 aromatic carbocycles. The van der Waals surface area contributed by atoms with Crippen molar-refractivity contribution in [2.75, 3.05) is 40.3 Å². The van der Waals surface area contributed by atoms with Gasteiger partial charge in [-0.15, -0.1) is 0 Å². The maximum atomic E-state index is 12.6. The molecule has 6 nitrogen and oxygen atoms in total. The molecular weight excluding hydrogens is 316 g/mol. The van der Waals surface area contributed by atoms with Gasteiger partial charge in [0, 0.05) is 38.3 Å². The highest BCUT2D eigenvalue weighted by Gasteiger charge is 2.40. The van der Waals surface area contributed by atoms with E-state index in [9.17, 15) is 9.59 Å². The first-order chi connectivity index (χ1) is 12.1. The first-order valence-electron chi connectivity index (χ1n) is 9.21. The summed E-state index contributed by atoms with van der Waals surface area (Å²) in [6.45, 7) is 3.25. The van der Waals surface area contributed by atoms with E-state index >= 15 is 0 Å². The number of hydrogen-bond donors (Lipinski definition) is 0. The van der Waals surface area contributed by atoms with Crippen LogP contribution in [0.4, 0.5) is 0 Å². The summed E-state index contributed by atoms with van der Waals surface area (Å²) in [6.07, 6.45) is 5.02. The van der Waals surface area contributed by atoms with Crippen molar-refractivity contribution < 1.29 is 9.59 Å².